The summed E-state index contributed by atoms with van der Waals surface area (Å²) in [6.07, 6.45) is 4.35. The van der Waals surface area contributed by atoms with Gasteiger partial charge in [0.05, 0.1) is 6.04 Å². The number of halogens is 2. The Kier molecular flexibility index (Phi) is 5.33. The lowest BCUT2D eigenvalue weighted by molar-refractivity contribution is -0.127. The van der Waals surface area contributed by atoms with Crippen LogP contribution < -0.4 is 15.4 Å². The van der Waals surface area contributed by atoms with Gasteiger partial charge in [0.15, 0.2) is 0 Å². The molecule has 132 valence electrons. The monoisotopic (exact) mass is 338 g/mol. The first kappa shape index (κ1) is 17.1. The Morgan fingerprint density at radius 3 is 2.96 bits per heavy atom. The van der Waals surface area contributed by atoms with Gasteiger partial charge in [0, 0.05) is 12.0 Å². The van der Waals surface area contributed by atoms with Crippen molar-refractivity contribution in [3.05, 3.63) is 29.3 Å². The molecule has 1 aromatic carbocycles. The fraction of sp³-hybridized carbons (Fsp3) is 0.611. The highest BCUT2D eigenvalue weighted by Gasteiger charge is 2.28. The van der Waals surface area contributed by atoms with Gasteiger partial charge in [-0.25, -0.2) is 0 Å². The van der Waals surface area contributed by atoms with Crippen molar-refractivity contribution in [1.29, 1.82) is 0 Å². The molecule has 1 unspecified atom stereocenters. The largest absolute Gasteiger partial charge is 0.435 e. The summed E-state index contributed by atoms with van der Waals surface area (Å²) in [5, 5.41) is 6.52. The van der Waals surface area contributed by atoms with Gasteiger partial charge in [0.25, 0.3) is 0 Å². The molecular formula is C18H24F2N2O2. The Labute approximate surface area is 141 Å². The average Bonchev–Trinajstić information content (AvgIpc) is 2.54. The van der Waals surface area contributed by atoms with E-state index in [4.69, 9.17) is 0 Å². The van der Waals surface area contributed by atoms with E-state index in [1.165, 1.54) is 0 Å². The Hall–Kier alpha value is -1.69. The zero-order valence-electron chi connectivity index (χ0n) is 13.9. The number of piperidine rings is 1. The maximum atomic E-state index is 12.6. The fourth-order valence-corrected chi connectivity index (χ4v) is 3.78. The molecule has 0 spiro atoms. The minimum Gasteiger partial charge on any atom is -0.435 e. The molecule has 6 heteroatoms. The molecular weight excluding hydrogens is 314 g/mol. The van der Waals surface area contributed by atoms with Gasteiger partial charge in [-0.1, -0.05) is 6.07 Å². The van der Waals surface area contributed by atoms with Crippen molar-refractivity contribution in [1.82, 2.24) is 10.6 Å². The first-order chi connectivity index (χ1) is 11.5. The lowest BCUT2D eigenvalue weighted by Gasteiger charge is -2.31. The number of benzene rings is 1. The first-order valence-electron chi connectivity index (χ1n) is 8.64. The smallest absolute Gasteiger partial charge is 0.387 e. The van der Waals surface area contributed by atoms with Gasteiger partial charge in [0.2, 0.25) is 5.91 Å². The number of amides is 1. The van der Waals surface area contributed by atoms with Crippen molar-refractivity contribution in [3.8, 4) is 5.75 Å². The van der Waals surface area contributed by atoms with E-state index in [9.17, 15) is 13.6 Å². The molecule has 3 rings (SSSR count). The quantitative estimate of drug-likeness (QED) is 0.887. The van der Waals surface area contributed by atoms with E-state index in [-0.39, 0.29) is 23.6 Å². The number of hydrogen-bond acceptors (Lipinski definition) is 3. The molecule has 1 saturated heterocycles. The summed E-state index contributed by atoms with van der Waals surface area (Å²) in [7, 11) is 0. The van der Waals surface area contributed by atoms with E-state index in [2.05, 4.69) is 22.3 Å². The summed E-state index contributed by atoms with van der Waals surface area (Å²) in [5.74, 6) is 0.338. The third-order valence-electron chi connectivity index (χ3n) is 4.96. The molecule has 3 atom stereocenters. The van der Waals surface area contributed by atoms with Crippen LogP contribution in [0.5, 0.6) is 5.75 Å². The molecule has 1 heterocycles. The van der Waals surface area contributed by atoms with Gasteiger partial charge < -0.3 is 15.4 Å². The maximum Gasteiger partial charge on any atom is 0.387 e. The van der Waals surface area contributed by atoms with Crippen LogP contribution in [0.25, 0.3) is 0 Å². The molecule has 0 aromatic heterocycles. The Bertz CT molecular complexity index is 594. The predicted molar refractivity (Wildman–Crippen MR) is 87.1 cm³/mol. The molecule has 2 N–H and O–H groups in total. The van der Waals surface area contributed by atoms with E-state index in [0.717, 1.165) is 49.8 Å². The number of aryl methyl sites for hydroxylation is 1. The van der Waals surface area contributed by atoms with Crippen LogP contribution >= 0.6 is 0 Å². The highest BCUT2D eigenvalue weighted by molar-refractivity contribution is 5.79. The van der Waals surface area contributed by atoms with E-state index >= 15 is 0 Å². The van der Waals surface area contributed by atoms with Gasteiger partial charge in [-0.05, 0) is 68.8 Å². The van der Waals surface area contributed by atoms with E-state index in [1.54, 1.807) is 12.1 Å². The van der Waals surface area contributed by atoms with Crippen molar-refractivity contribution in [3.63, 3.8) is 0 Å². The molecule has 2 aliphatic rings. The minimum absolute atomic E-state index is 0.0351. The molecule has 0 radical (unpaired) electrons. The molecule has 0 bridgehead atoms. The third-order valence-corrected chi connectivity index (χ3v) is 4.96. The second-order valence-electron chi connectivity index (χ2n) is 6.77. The third kappa shape index (κ3) is 4.04. The summed E-state index contributed by atoms with van der Waals surface area (Å²) in [6, 6.07) is 5.37. The summed E-state index contributed by atoms with van der Waals surface area (Å²) in [6.45, 7) is 0.151. The Morgan fingerprint density at radius 2 is 2.21 bits per heavy atom. The number of alkyl halides is 2. The van der Waals surface area contributed by atoms with Crippen molar-refractivity contribution >= 4 is 5.91 Å². The van der Waals surface area contributed by atoms with Crippen LogP contribution in [0.15, 0.2) is 18.2 Å². The molecule has 1 aliphatic carbocycles. The molecule has 4 nitrogen and oxygen atoms in total. The standard InChI is InChI=1S/C18H24F2N2O2/c1-11-9-13(7-8-21-11)17(23)22-16-4-2-3-12-10-14(24-18(19)20)5-6-15(12)16/h5-6,10-11,13,16,18,21H,2-4,7-9H2,1H3,(H,22,23)/t11-,13-,16?/m0/s1. The lowest BCUT2D eigenvalue weighted by Crippen LogP contribution is -2.43. The summed E-state index contributed by atoms with van der Waals surface area (Å²) < 4.78 is 29.2. The van der Waals surface area contributed by atoms with Crippen molar-refractivity contribution in [2.75, 3.05) is 6.54 Å². The average molecular weight is 338 g/mol. The van der Waals surface area contributed by atoms with Gasteiger partial charge in [-0.15, -0.1) is 0 Å². The normalized spacial score (nSPS) is 26.8. The topological polar surface area (TPSA) is 50.4 Å². The van der Waals surface area contributed by atoms with Crippen LogP contribution in [0, 0.1) is 5.92 Å². The lowest BCUT2D eigenvalue weighted by atomic mass is 9.86. The van der Waals surface area contributed by atoms with E-state index < -0.39 is 6.61 Å². The molecule has 1 aliphatic heterocycles. The van der Waals surface area contributed by atoms with Gasteiger partial charge in [-0.3, -0.25) is 4.79 Å². The van der Waals surface area contributed by atoms with E-state index in [1.807, 2.05) is 6.07 Å². The SMILES string of the molecule is C[C@H]1C[C@@H](C(=O)NC2CCCc3cc(OC(F)F)ccc32)CCN1. The van der Waals surface area contributed by atoms with Crippen LogP contribution in [-0.4, -0.2) is 25.1 Å². The number of fused-ring (bicyclic) bond motifs is 1. The summed E-state index contributed by atoms with van der Waals surface area (Å²) >= 11 is 0. The van der Waals surface area contributed by atoms with Crippen molar-refractivity contribution in [2.45, 2.75) is 57.7 Å². The molecule has 1 amide bonds. The predicted octanol–water partition coefficient (Wildman–Crippen LogP) is 3.17. The number of carbonyl (C=O) groups excluding carboxylic acids is 1. The zero-order valence-corrected chi connectivity index (χ0v) is 13.9. The number of carbonyl (C=O) groups is 1. The van der Waals surface area contributed by atoms with Crippen LogP contribution in [0.4, 0.5) is 8.78 Å². The zero-order chi connectivity index (χ0) is 17.1. The van der Waals surface area contributed by atoms with Crippen LogP contribution in [0.2, 0.25) is 0 Å². The fourth-order valence-electron chi connectivity index (χ4n) is 3.78. The summed E-state index contributed by atoms with van der Waals surface area (Å²) in [5.41, 5.74) is 2.02. The Balaban J connectivity index is 1.69. The first-order valence-corrected chi connectivity index (χ1v) is 8.64. The number of hydrogen-bond donors (Lipinski definition) is 2. The van der Waals surface area contributed by atoms with Crippen molar-refractivity contribution < 1.29 is 18.3 Å². The van der Waals surface area contributed by atoms with Gasteiger partial charge >= 0.3 is 6.61 Å². The molecule has 0 saturated carbocycles. The highest BCUT2D eigenvalue weighted by Crippen LogP contribution is 2.33. The number of ether oxygens (including phenoxy) is 1. The van der Waals surface area contributed by atoms with Crippen molar-refractivity contribution in [2.24, 2.45) is 5.92 Å². The second kappa shape index (κ2) is 7.47. The maximum absolute atomic E-state index is 12.6. The summed E-state index contributed by atoms with van der Waals surface area (Å²) in [4.78, 5) is 12.6. The van der Waals surface area contributed by atoms with Crippen LogP contribution in [-0.2, 0) is 11.2 Å². The van der Waals surface area contributed by atoms with Crippen LogP contribution in [0.3, 0.4) is 0 Å². The number of rotatable bonds is 4. The highest BCUT2D eigenvalue weighted by atomic mass is 19.3. The van der Waals surface area contributed by atoms with Crippen LogP contribution in [0.1, 0.15) is 49.8 Å². The second-order valence-corrected chi connectivity index (χ2v) is 6.77. The number of nitrogens with one attached hydrogen (secondary N) is 2. The Morgan fingerprint density at radius 1 is 1.38 bits per heavy atom. The molecule has 1 fully saturated rings. The molecule has 1 aromatic rings. The van der Waals surface area contributed by atoms with E-state index in [0.29, 0.717) is 6.04 Å². The van der Waals surface area contributed by atoms with Gasteiger partial charge in [0.1, 0.15) is 5.75 Å². The minimum atomic E-state index is -2.82. The van der Waals surface area contributed by atoms with Gasteiger partial charge in [-0.2, -0.15) is 8.78 Å². The molecule has 24 heavy (non-hydrogen) atoms.